The van der Waals surface area contributed by atoms with Gasteiger partial charge in [-0.2, -0.15) is 0 Å². The van der Waals surface area contributed by atoms with E-state index in [0.29, 0.717) is 29.9 Å². The second kappa shape index (κ2) is 6.73. The fourth-order valence-electron chi connectivity index (χ4n) is 2.68. The maximum absolute atomic E-state index is 14.1. The molecule has 116 valence electrons. The number of hydrogen-bond donors (Lipinski definition) is 1. The number of nitrogens with zero attached hydrogens (tertiary/aromatic N) is 1. The molecule has 1 aromatic rings. The van der Waals surface area contributed by atoms with E-state index in [1.807, 2.05) is 12.1 Å². The summed E-state index contributed by atoms with van der Waals surface area (Å²) in [7, 11) is 1.55. The van der Waals surface area contributed by atoms with Crippen molar-refractivity contribution < 1.29 is 13.9 Å². The van der Waals surface area contributed by atoms with Crippen molar-refractivity contribution in [3.05, 3.63) is 29.6 Å². The van der Waals surface area contributed by atoms with E-state index >= 15 is 0 Å². The van der Waals surface area contributed by atoms with Crippen LogP contribution in [0.5, 0.6) is 5.75 Å². The lowest BCUT2D eigenvalue weighted by atomic mass is 10.1. The van der Waals surface area contributed by atoms with Crippen LogP contribution in [0.15, 0.2) is 18.2 Å². The molecule has 1 N–H and O–H groups in total. The van der Waals surface area contributed by atoms with E-state index in [-0.39, 0.29) is 5.82 Å². The Balaban J connectivity index is 1.62. The molecule has 1 aromatic carbocycles. The summed E-state index contributed by atoms with van der Waals surface area (Å²) in [4.78, 5) is 2.31. The van der Waals surface area contributed by atoms with Crippen LogP contribution in [-0.2, 0) is 11.3 Å². The van der Waals surface area contributed by atoms with Crippen LogP contribution in [0.25, 0.3) is 0 Å². The molecular formula is C16H23FN2O2. The fourth-order valence-corrected chi connectivity index (χ4v) is 2.68. The zero-order valence-electron chi connectivity index (χ0n) is 12.5. The van der Waals surface area contributed by atoms with Crippen molar-refractivity contribution in [2.75, 3.05) is 33.4 Å². The molecule has 1 saturated carbocycles. The Kier molecular flexibility index (Phi) is 4.73. The van der Waals surface area contributed by atoms with Gasteiger partial charge in [0.2, 0.25) is 0 Å². The zero-order valence-corrected chi connectivity index (χ0v) is 12.5. The fraction of sp³-hybridized carbons (Fsp3) is 0.625. The van der Waals surface area contributed by atoms with Gasteiger partial charge in [0.05, 0.1) is 20.3 Å². The molecule has 1 saturated heterocycles. The molecule has 4 nitrogen and oxygen atoms in total. The van der Waals surface area contributed by atoms with E-state index in [2.05, 4.69) is 10.2 Å². The number of hydrogen-bond acceptors (Lipinski definition) is 4. The molecule has 1 atom stereocenters. The SMILES string of the molecule is COc1ccc(CN2CCOCC2CNC2CC2)c(F)c1. The highest BCUT2D eigenvalue weighted by Crippen LogP contribution is 2.21. The number of ether oxygens (including phenoxy) is 2. The van der Waals surface area contributed by atoms with Crippen molar-refractivity contribution in [2.45, 2.75) is 31.5 Å². The predicted molar refractivity (Wildman–Crippen MR) is 79.0 cm³/mol. The van der Waals surface area contributed by atoms with Gasteiger partial charge in [0.25, 0.3) is 0 Å². The first-order valence-corrected chi connectivity index (χ1v) is 7.64. The number of morpholine rings is 1. The van der Waals surface area contributed by atoms with Gasteiger partial charge in [0.15, 0.2) is 0 Å². The van der Waals surface area contributed by atoms with Crippen LogP contribution in [0.4, 0.5) is 4.39 Å². The third-order valence-electron chi connectivity index (χ3n) is 4.20. The Labute approximate surface area is 125 Å². The molecule has 0 bridgehead atoms. The first-order valence-electron chi connectivity index (χ1n) is 7.64. The van der Waals surface area contributed by atoms with Crippen LogP contribution in [-0.4, -0.2) is 50.4 Å². The third kappa shape index (κ3) is 3.93. The summed E-state index contributed by atoms with van der Waals surface area (Å²) in [6.45, 7) is 3.83. The van der Waals surface area contributed by atoms with Crippen LogP contribution >= 0.6 is 0 Å². The summed E-state index contributed by atoms with van der Waals surface area (Å²) in [5, 5.41) is 3.54. The second-order valence-electron chi connectivity index (χ2n) is 5.84. The monoisotopic (exact) mass is 294 g/mol. The first kappa shape index (κ1) is 14.8. The van der Waals surface area contributed by atoms with Gasteiger partial charge in [0.1, 0.15) is 11.6 Å². The van der Waals surface area contributed by atoms with Gasteiger partial charge in [-0.25, -0.2) is 4.39 Å². The number of benzene rings is 1. The van der Waals surface area contributed by atoms with Crippen LogP contribution < -0.4 is 10.1 Å². The largest absolute Gasteiger partial charge is 0.497 e. The van der Waals surface area contributed by atoms with Crippen molar-refractivity contribution in [3.63, 3.8) is 0 Å². The molecule has 1 unspecified atom stereocenters. The summed E-state index contributed by atoms with van der Waals surface area (Å²) in [6.07, 6.45) is 2.56. The summed E-state index contributed by atoms with van der Waals surface area (Å²) >= 11 is 0. The minimum Gasteiger partial charge on any atom is -0.497 e. The summed E-state index contributed by atoms with van der Waals surface area (Å²) < 4.78 is 24.7. The van der Waals surface area contributed by atoms with E-state index in [0.717, 1.165) is 26.3 Å². The standard InChI is InChI=1S/C16H23FN2O2/c1-20-15-5-2-12(16(17)8-15)10-19-6-7-21-11-14(19)9-18-13-3-4-13/h2,5,8,13-14,18H,3-4,6-7,9-11H2,1H3. The number of nitrogens with one attached hydrogen (secondary N) is 1. The average molecular weight is 294 g/mol. The Morgan fingerprint density at radius 2 is 2.29 bits per heavy atom. The van der Waals surface area contributed by atoms with Crippen molar-refractivity contribution in [1.82, 2.24) is 10.2 Å². The Morgan fingerprint density at radius 3 is 3.00 bits per heavy atom. The highest BCUT2D eigenvalue weighted by molar-refractivity contribution is 5.28. The van der Waals surface area contributed by atoms with Gasteiger partial charge in [-0.05, 0) is 18.9 Å². The van der Waals surface area contributed by atoms with Crippen LogP contribution in [0, 0.1) is 5.82 Å². The van der Waals surface area contributed by atoms with Gasteiger partial charge in [-0.3, -0.25) is 4.90 Å². The van der Waals surface area contributed by atoms with E-state index < -0.39 is 0 Å². The predicted octanol–water partition coefficient (Wildman–Crippen LogP) is 1.79. The Morgan fingerprint density at radius 1 is 1.43 bits per heavy atom. The minimum atomic E-state index is -0.199. The minimum absolute atomic E-state index is 0.199. The maximum Gasteiger partial charge on any atom is 0.131 e. The molecule has 2 fully saturated rings. The molecule has 21 heavy (non-hydrogen) atoms. The molecule has 1 aliphatic carbocycles. The molecular weight excluding hydrogens is 271 g/mol. The summed E-state index contributed by atoms with van der Waals surface area (Å²) in [5.74, 6) is 0.361. The highest BCUT2D eigenvalue weighted by atomic mass is 19.1. The van der Waals surface area contributed by atoms with Crippen LogP contribution in [0.1, 0.15) is 18.4 Å². The van der Waals surface area contributed by atoms with E-state index in [1.165, 1.54) is 18.9 Å². The number of rotatable bonds is 6. The average Bonchev–Trinajstić information content (AvgIpc) is 3.32. The van der Waals surface area contributed by atoms with Crippen molar-refractivity contribution in [1.29, 1.82) is 0 Å². The lowest BCUT2D eigenvalue weighted by Crippen LogP contribution is -2.50. The number of methoxy groups -OCH3 is 1. The summed E-state index contributed by atoms with van der Waals surface area (Å²) in [6, 6.07) is 6.09. The van der Waals surface area contributed by atoms with E-state index in [4.69, 9.17) is 9.47 Å². The second-order valence-corrected chi connectivity index (χ2v) is 5.84. The number of halogens is 1. The first-order chi connectivity index (χ1) is 10.3. The molecule has 2 aliphatic rings. The van der Waals surface area contributed by atoms with Crippen molar-refractivity contribution in [2.24, 2.45) is 0 Å². The normalized spacial score (nSPS) is 23.2. The third-order valence-corrected chi connectivity index (χ3v) is 4.20. The lowest BCUT2D eigenvalue weighted by molar-refractivity contribution is -0.0114. The smallest absolute Gasteiger partial charge is 0.131 e. The quantitative estimate of drug-likeness (QED) is 0.867. The molecule has 0 aromatic heterocycles. The molecule has 3 rings (SSSR count). The van der Waals surface area contributed by atoms with Gasteiger partial charge in [-0.1, -0.05) is 6.07 Å². The Bertz CT molecular complexity index is 479. The molecule has 5 heteroatoms. The van der Waals surface area contributed by atoms with Crippen molar-refractivity contribution >= 4 is 0 Å². The Hall–Kier alpha value is -1.17. The topological polar surface area (TPSA) is 33.7 Å². The van der Waals surface area contributed by atoms with E-state index in [1.54, 1.807) is 7.11 Å². The maximum atomic E-state index is 14.1. The van der Waals surface area contributed by atoms with Crippen molar-refractivity contribution in [3.8, 4) is 5.75 Å². The van der Waals surface area contributed by atoms with Crippen LogP contribution in [0.3, 0.4) is 0 Å². The van der Waals surface area contributed by atoms with Crippen LogP contribution in [0.2, 0.25) is 0 Å². The molecule has 0 amide bonds. The van der Waals surface area contributed by atoms with Gasteiger partial charge >= 0.3 is 0 Å². The molecule has 1 aliphatic heterocycles. The molecule has 1 heterocycles. The zero-order chi connectivity index (χ0) is 14.7. The van der Waals surface area contributed by atoms with E-state index in [9.17, 15) is 4.39 Å². The van der Waals surface area contributed by atoms with Gasteiger partial charge in [-0.15, -0.1) is 0 Å². The lowest BCUT2D eigenvalue weighted by Gasteiger charge is -2.36. The molecule has 0 spiro atoms. The van der Waals surface area contributed by atoms with Gasteiger partial charge in [0, 0.05) is 43.3 Å². The molecule has 0 radical (unpaired) electrons. The summed E-state index contributed by atoms with van der Waals surface area (Å²) in [5.41, 5.74) is 0.717. The highest BCUT2D eigenvalue weighted by Gasteiger charge is 2.27. The van der Waals surface area contributed by atoms with Gasteiger partial charge < -0.3 is 14.8 Å².